The van der Waals surface area contributed by atoms with Gasteiger partial charge in [-0.05, 0) is 97.8 Å². The second-order valence-corrected chi connectivity index (χ2v) is 18.9. The molecule has 2 aromatic heterocycles. The highest BCUT2D eigenvalue weighted by atomic mass is 35.7. The third kappa shape index (κ3) is 16.7. The number of halogens is 1. The maximum atomic E-state index is 12.5. The molecule has 2 heterocycles. The molecule has 6 rings (SSSR count). The first-order valence-corrected chi connectivity index (χ1v) is 23.8. The van der Waals surface area contributed by atoms with Gasteiger partial charge in [-0.15, -0.1) is 0 Å². The van der Waals surface area contributed by atoms with E-state index in [1.807, 2.05) is 55.5 Å². The number of anilines is 2. The minimum absolute atomic E-state index is 0.0740. The van der Waals surface area contributed by atoms with Crippen molar-refractivity contribution >= 4 is 63.1 Å². The first kappa shape index (κ1) is 48.6. The molecule has 0 bridgehead atoms. The van der Waals surface area contributed by atoms with Crippen LogP contribution in [0.4, 0.5) is 10.3 Å². The van der Waals surface area contributed by atoms with E-state index >= 15 is 0 Å². The molecule has 0 aliphatic heterocycles. The maximum Gasteiger partial charge on any atom is 0.261 e. The van der Waals surface area contributed by atoms with E-state index in [0.717, 1.165) is 33.6 Å². The maximum absolute atomic E-state index is 12.5. The molecule has 21 heteroatoms. The molecule has 61 heavy (non-hydrogen) atoms. The third-order valence-electron chi connectivity index (χ3n) is 8.13. The van der Waals surface area contributed by atoms with Gasteiger partial charge in [-0.3, -0.25) is 0 Å². The Balaban J connectivity index is 0.000000224. The number of ether oxygens (including phenoxy) is 4. The molecule has 5 N–H and O–H groups in total. The van der Waals surface area contributed by atoms with Crippen molar-refractivity contribution in [3.05, 3.63) is 120 Å². The lowest BCUT2D eigenvalue weighted by molar-refractivity contribution is 0.414. The lowest BCUT2D eigenvalue weighted by Crippen LogP contribution is -2.37. The Labute approximate surface area is 369 Å². The fraction of sp³-hybridized carbons (Fsp3) is 0.300. The summed E-state index contributed by atoms with van der Waals surface area (Å²) in [6.07, 6.45) is 1.29. The zero-order chi connectivity index (χ0) is 44.4. The summed E-state index contributed by atoms with van der Waals surface area (Å²) in [6, 6.07) is 27.5. The highest BCUT2D eigenvalue weighted by Crippen LogP contribution is 2.21. The number of sulfonamides is 1. The molecule has 2 atom stereocenters. The van der Waals surface area contributed by atoms with E-state index in [1.165, 1.54) is 73.7 Å². The predicted octanol–water partition coefficient (Wildman–Crippen LogP) is 6.44. The number of rotatable bonds is 18. The topological polar surface area (TPSA) is 219 Å². The SMILES string of the molecule is COc1ccc(S(=O)(=O)Cl)cc1.COc1ccc(S(=O)(=O)NC(C)CNc2nc(Cc3cccc(OC)c3)ns2)cc1.COc1cccc(Cc2nsc(NCC(C)N)n2)c1. The Kier molecular flexibility index (Phi) is 18.9. The molecule has 4 aromatic carbocycles. The van der Waals surface area contributed by atoms with Gasteiger partial charge in [0, 0.05) is 71.8 Å². The average Bonchev–Trinajstić information content (AvgIpc) is 3.91. The van der Waals surface area contributed by atoms with Gasteiger partial charge in [-0.1, -0.05) is 24.3 Å². The number of hydrogen-bond acceptors (Lipinski definition) is 17. The highest BCUT2D eigenvalue weighted by Gasteiger charge is 2.18. The first-order chi connectivity index (χ1) is 29.1. The minimum Gasteiger partial charge on any atom is -0.497 e. The Morgan fingerprint density at radius 3 is 1.46 bits per heavy atom. The summed E-state index contributed by atoms with van der Waals surface area (Å²) in [5.74, 6) is 4.35. The smallest absolute Gasteiger partial charge is 0.261 e. The van der Waals surface area contributed by atoms with E-state index in [-0.39, 0.29) is 21.9 Å². The van der Waals surface area contributed by atoms with Crippen LogP contribution in [0, 0.1) is 0 Å². The van der Waals surface area contributed by atoms with Crippen molar-refractivity contribution in [3.8, 4) is 23.0 Å². The summed E-state index contributed by atoms with van der Waals surface area (Å²) < 4.78 is 78.2. The number of hydrogen-bond donors (Lipinski definition) is 4. The summed E-state index contributed by atoms with van der Waals surface area (Å²) in [7, 11) is 4.18. The summed E-state index contributed by atoms with van der Waals surface area (Å²) in [6.45, 7) is 4.81. The summed E-state index contributed by atoms with van der Waals surface area (Å²) in [5.41, 5.74) is 7.87. The standard InChI is InChI=1S/C20H24N4O4S2.C13H18N4OS.C7H7ClO3S/c1-14(24-30(25,26)18-9-7-16(27-2)8-10-18)13-21-20-22-19(23-29-20)12-15-5-4-6-17(11-15)28-3;1-9(14)8-15-13-16-12(17-19-13)7-10-4-3-5-11(6-10)18-2;1-11-6-2-4-7(5-3-6)12(8,9)10/h4-11,14,24H,12-13H2,1-3H3,(H,21,22,23);3-6,9H,7-8,14H2,1-2H3,(H,15,16,17);2-5H,1H3. The van der Waals surface area contributed by atoms with Crippen molar-refractivity contribution in [2.45, 2.75) is 48.6 Å². The minimum atomic E-state index is -3.62. The van der Waals surface area contributed by atoms with Gasteiger partial charge in [0.25, 0.3) is 9.05 Å². The fourth-order valence-corrected chi connectivity index (χ4v) is 8.28. The van der Waals surface area contributed by atoms with Crippen LogP contribution in [0.5, 0.6) is 23.0 Å². The number of aromatic nitrogens is 4. The van der Waals surface area contributed by atoms with E-state index in [2.05, 4.69) is 34.1 Å². The number of nitrogens with two attached hydrogens (primary N) is 1. The second kappa shape index (κ2) is 23.8. The molecule has 0 spiro atoms. The quantitative estimate of drug-likeness (QED) is 0.0682. The van der Waals surface area contributed by atoms with E-state index in [0.29, 0.717) is 48.4 Å². The van der Waals surface area contributed by atoms with Crippen LogP contribution < -0.4 is 40.0 Å². The van der Waals surface area contributed by atoms with Crippen molar-refractivity contribution in [3.63, 3.8) is 0 Å². The van der Waals surface area contributed by atoms with Crippen LogP contribution in [0.2, 0.25) is 0 Å². The molecule has 0 saturated heterocycles. The lowest BCUT2D eigenvalue weighted by atomic mass is 10.1. The highest BCUT2D eigenvalue weighted by molar-refractivity contribution is 8.13. The molecule has 16 nitrogen and oxygen atoms in total. The summed E-state index contributed by atoms with van der Waals surface area (Å²) in [4.78, 5) is 9.16. The van der Waals surface area contributed by atoms with Crippen LogP contribution in [0.1, 0.15) is 36.6 Å². The van der Waals surface area contributed by atoms with E-state index in [1.54, 1.807) is 33.3 Å². The molecule has 6 aromatic rings. The number of nitrogens with zero attached hydrogens (tertiary/aromatic N) is 4. The zero-order valence-electron chi connectivity index (χ0n) is 34.4. The molecule has 0 aliphatic carbocycles. The molecule has 2 unspecified atom stereocenters. The lowest BCUT2D eigenvalue weighted by Gasteiger charge is -2.14. The van der Waals surface area contributed by atoms with Crippen LogP contribution in [0.25, 0.3) is 0 Å². The summed E-state index contributed by atoms with van der Waals surface area (Å²) >= 11 is 2.61. The van der Waals surface area contributed by atoms with Crippen molar-refractivity contribution in [1.29, 1.82) is 0 Å². The number of nitrogens with one attached hydrogen (secondary N) is 3. The molecule has 0 radical (unpaired) electrons. The largest absolute Gasteiger partial charge is 0.497 e. The van der Waals surface area contributed by atoms with Crippen LogP contribution >= 0.6 is 33.7 Å². The van der Waals surface area contributed by atoms with Crippen LogP contribution in [-0.4, -0.2) is 89.2 Å². The van der Waals surface area contributed by atoms with Crippen molar-refractivity contribution in [2.24, 2.45) is 5.73 Å². The van der Waals surface area contributed by atoms with Gasteiger partial charge in [0.15, 0.2) is 0 Å². The molecular weight excluding hydrogens is 884 g/mol. The van der Waals surface area contributed by atoms with Gasteiger partial charge in [0.1, 0.15) is 34.6 Å². The average molecular weight is 934 g/mol. The normalized spacial score (nSPS) is 12.1. The van der Waals surface area contributed by atoms with E-state index in [9.17, 15) is 16.8 Å². The molecule has 0 aliphatic rings. The summed E-state index contributed by atoms with van der Waals surface area (Å²) in [5, 5.41) is 7.76. The molecule has 0 fully saturated rings. The molecule has 0 amide bonds. The Morgan fingerprint density at radius 2 is 1.05 bits per heavy atom. The Bertz CT molecular complexity index is 2470. The van der Waals surface area contributed by atoms with Gasteiger partial charge in [0.05, 0.1) is 38.2 Å². The third-order valence-corrected chi connectivity index (χ3v) is 12.5. The van der Waals surface area contributed by atoms with Crippen LogP contribution in [0.3, 0.4) is 0 Å². The molecule has 0 saturated carbocycles. The van der Waals surface area contributed by atoms with E-state index < -0.39 is 19.1 Å². The van der Waals surface area contributed by atoms with Crippen molar-refractivity contribution < 1.29 is 35.8 Å². The molecule has 328 valence electrons. The Hall–Kier alpha value is -5.09. The van der Waals surface area contributed by atoms with Gasteiger partial charge >= 0.3 is 0 Å². The number of benzene rings is 4. The van der Waals surface area contributed by atoms with E-state index in [4.69, 9.17) is 35.4 Å². The van der Waals surface area contributed by atoms with Crippen molar-refractivity contribution in [1.82, 2.24) is 23.4 Å². The van der Waals surface area contributed by atoms with Crippen LogP contribution in [-0.2, 0) is 31.9 Å². The van der Waals surface area contributed by atoms with Gasteiger partial charge in [0.2, 0.25) is 20.3 Å². The van der Waals surface area contributed by atoms with Gasteiger partial charge in [-0.25, -0.2) is 31.5 Å². The van der Waals surface area contributed by atoms with Crippen molar-refractivity contribution in [2.75, 3.05) is 52.2 Å². The monoisotopic (exact) mass is 932 g/mol. The molecular formula is C40H49ClN8O8S4. The van der Waals surface area contributed by atoms with Gasteiger partial charge < -0.3 is 35.3 Å². The predicted molar refractivity (Wildman–Crippen MR) is 241 cm³/mol. The van der Waals surface area contributed by atoms with Crippen LogP contribution in [0.15, 0.2) is 107 Å². The van der Waals surface area contributed by atoms with Gasteiger partial charge in [-0.2, -0.15) is 8.75 Å². The fourth-order valence-electron chi connectivity index (χ4n) is 5.08. The first-order valence-electron chi connectivity index (χ1n) is 18.5. The number of methoxy groups -OCH3 is 4. The second-order valence-electron chi connectivity index (χ2n) is 13.1. The zero-order valence-corrected chi connectivity index (χ0v) is 38.4. The Morgan fingerprint density at radius 1 is 0.623 bits per heavy atom.